The van der Waals surface area contributed by atoms with Crippen molar-refractivity contribution in [2.75, 3.05) is 18.6 Å². The molecule has 0 spiro atoms. The lowest BCUT2D eigenvalue weighted by atomic mass is 10.1. The molecule has 0 aliphatic heterocycles. The summed E-state index contributed by atoms with van der Waals surface area (Å²) in [5.41, 5.74) is 4.43. The quantitative estimate of drug-likeness (QED) is 0.416. The fourth-order valence-electron chi connectivity index (χ4n) is 3.65. The number of benzene rings is 2. The van der Waals surface area contributed by atoms with Crippen LogP contribution in [0.25, 0.3) is 10.2 Å². The summed E-state index contributed by atoms with van der Waals surface area (Å²) in [5, 5.41) is 0.636. The molecule has 7 heteroatoms. The van der Waals surface area contributed by atoms with Gasteiger partial charge in [-0.25, -0.2) is 4.98 Å². The molecule has 0 fully saturated rings. The summed E-state index contributed by atoms with van der Waals surface area (Å²) in [4.78, 5) is 32.3. The summed E-state index contributed by atoms with van der Waals surface area (Å²) >= 11 is 1.51. The first-order valence-electron chi connectivity index (χ1n) is 10.4. The van der Waals surface area contributed by atoms with Gasteiger partial charge in [-0.1, -0.05) is 47.7 Å². The summed E-state index contributed by atoms with van der Waals surface area (Å²) < 4.78 is 7.66. The number of amides is 1. The third kappa shape index (κ3) is 4.64. The number of nitrogens with zero attached hydrogens (tertiary/aromatic N) is 3. The average molecular weight is 448 g/mol. The van der Waals surface area contributed by atoms with E-state index >= 15 is 0 Å². The molecule has 0 saturated heterocycles. The van der Waals surface area contributed by atoms with Gasteiger partial charge >= 0.3 is 0 Å². The number of hydrogen-bond acceptors (Lipinski definition) is 5. The Morgan fingerprint density at radius 3 is 2.66 bits per heavy atom. The lowest BCUT2D eigenvalue weighted by Crippen LogP contribution is -2.32. The van der Waals surface area contributed by atoms with Crippen molar-refractivity contribution in [3.05, 3.63) is 93.4 Å². The Balaban J connectivity index is 1.77. The Morgan fingerprint density at radius 1 is 1.12 bits per heavy atom. The number of ether oxygens (including phenoxy) is 1. The number of aromatic nitrogens is 2. The average Bonchev–Trinajstić information content (AvgIpc) is 3.21. The highest BCUT2D eigenvalue weighted by molar-refractivity contribution is 7.22. The van der Waals surface area contributed by atoms with Crippen LogP contribution in [0.4, 0.5) is 5.13 Å². The van der Waals surface area contributed by atoms with Gasteiger partial charge in [-0.2, -0.15) is 0 Å². The minimum Gasteiger partial charge on any atom is -0.383 e. The van der Waals surface area contributed by atoms with E-state index in [-0.39, 0.29) is 11.5 Å². The highest BCUT2D eigenvalue weighted by Crippen LogP contribution is 2.33. The molecule has 0 saturated carbocycles. The van der Waals surface area contributed by atoms with Crippen molar-refractivity contribution in [2.45, 2.75) is 26.9 Å². The van der Waals surface area contributed by atoms with Crippen molar-refractivity contribution < 1.29 is 9.53 Å². The number of anilines is 1. The number of hydrogen-bond donors (Lipinski definition) is 0. The van der Waals surface area contributed by atoms with Gasteiger partial charge in [-0.3, -0.25) is 14.5 Å². The molecule has 2 aromatic carbocycles. The largest absolute Gasteiger partial charge is 0.383 e. The van der Waals surface area contributed by atoms with Gasteiger partial charge in [-0.15, -0.1) is 0 Å². The van der Waals surface area contributed by atoms with Gasteiger partial charge in [-0.05, 0) is 42.7 Å². The van der Waals surface area contributed by atoms with Crippen LogP contribution in [0.3, 0.4) is 0 Å². The number of thiazole rings is 1. The van der Waals surface area contributed by atoms with Crippen molar-refractivity contribution in [3.8, 4) is 0 Å². The van der Waals surface area contributed by atoms with Crippen LogP contribution in [0.15, 0.2) is 65.6 Å². The van der Waals surface area contributed by atoms with E-state index < -0.39 is 0 Å². The Labute approximate surface area is 190 Å². The highest BCUT2D eigenvalue weighted by Gasteiger charge is 2.23. The summed E-state index contributed by atoms with van der Waals surface area (Å²) in [6, 6.07) is 17.0. The molecule has 0 radical (unpaired) electrons. The topological polar surface area (TPSA) is 64.4 Å². The first kappa shape index (κ1) is 21.9. The van der Waals surface area contributed by atoms with Gasteiger partial charge in [0.1, 0.15) is 0 Å². The number of fused-ring (bicyclic) bond motifs is 1. The maximum Gasteiger partial charge on any atom is 0.261 e. The van der Waals surface area contributed by atoms with E-state index in [9.17, 15) is 9.59 Å². The van der Waals surface area contributed by atoms with Crippen LogP contribution in [0.5, 0.6) is 0 Å². The first-order valence-corrected chi connectivity index (χ1v) is 11.2. The van der Waals surface area contributed by atoms with Crippen molar-refractivity contribution >= 4 is 32.6 Å². The van der Waals surface area contributed by atoms with Crippen LogP contribution in [-0.4, -0.2) is 29.2 Å². The molecule has 1 amide bonds. The van der Waals surface area contributed by atoms with Gasteiger partial charge in [0, 0.05) is 25.9 Å². The van der Waals surface area contributed by atoms with E-state index in [2.05, 4.69) is 13.0 Å². The fraction of sp³-hybridized carbons (Fsp3) is 0.240. The zero-order valence-corrected chi connectivity index (χ0v) is 19.2. The molecule has 0 aliphatic carbocycles. The predicted octanol–water partition coefficient (Wildman–Crippen LogP) is 4.57. The molecular weight excluding hydrogens is 422 g/mol. The Bertz CT molecular complexity index is 1310. The van der Waals surface area contributed by atoms with Crippen LogP contribution in [-0.2, 0) is 17.8 Å². The summed E-state index contributed by atoms with van der Waals surface area (Å²) in [5.74, 6) is -0.201. The summed E-state index contributed by atoms with van der Waals surface area (Å²) in [6.07, 6.45) is 1.60. The smallest absolute Gasteiger partial charge is 0.261 e. The van der Waals surface area contributed by atoms with E-state index in [1.54, 1.807) is 24.3 Å². The van der Waals surface area contributed by atoms with Crippen LogP contribution in [0, 0.1) is 13.8 Å². The van der Waals surface area contributed by atoms with Crippen molar-refractivity contribution in [1.82, 2.24) is 9.55 Å². The standard InChI is InChI=1S/C25H25N3O3S/c1-17-13-18(2)23-21(14-17)26-25(32-23)28(15-19-7-5-4-6-8-19)24(30)20-9-10-22(29)27(16-20)11-12-31-3/h4-10,13-14,16H,11-12,15H2,1-3H3. The molecule has 4 rings (SSSR count). The maximum absolute atomic E-state index is 13.7. The lowest BCUT2D eigenvalue weighted by Gasteiger charge is -2.20. The highest BCUT2D eigenvalue weighted by atomic mass is 32.1. The van der Waals surface area contributed by atoms with Crippen molar-refractivity contribution in [1.29, 1.82) is 0 Å². The maximum atomic E-state index is 13.7. The van der Waals surface area contributed by atoms with Crippen LogP contribution in [0.2, 0.25) is 0 Å². The molecule has 6 nitrogen and oxygen atoms in total. The van der Waals surface area contributed by atoms with Crippen LogP contribution < -0.4 is 10.5 Å². The third-order valence-corrected chi connectivity index (χ3v) is 6.46. The number of rotatable bonds is 7. The predicted molar refractivity (Wildman–Crippen MR) is 129 cm³/mol. The van der Waals surface area contributed by atoms with Gasteiger partial charge < -0.3 is 9.30 Å². The lowest BCUT2D eigenvalue weighted by molar-refractivity contribution is 0.0984. The van der Waals surface area contributed by atoms with Gasteiger partial charge in [0.05, 0.1) is 28.9 Å². The summed E-state index contributed by atoms with van der Waals surface area (Å²) in [6.45, 7) is 5.26. The molecule has 32 heavy (non-hydrogen) atoms. The van der Waals surface area contributed by atoms with E-state index in [4.69, 9.17) is 9.72 Å². The normalized spacial score (nSPS) is 11.1. The first-order chi connectivity index (χ1) is 15.5. The zero-order chi connectivity index (χ0) is 22.7. The van der Waals surface area contributed by atoms with E-state index in [1.807, 2.05) is 43.3 Å². The number of aryl methyl sites for hydroxylation is 2. The molecular formula is C25H25N3O3S. The van der Waals surface area contributed by atoms with Crippen molar-refractivity contribution in [3.63, 3.8) is 0 Å². The number of carbonyl (C=O) groups excluding carboxylic acids is 1. The van der Waals surface area contributed by atoms with E-state index in [0.717, 1.165) is 26.9 Å². The van der Waals surface area contributed by atoms with Crippen molar-refractivity contribution in [2.24, 2.45) is 0 Å². The second kappa shape index (κ2) is 9.46. The molecule has 2 heterocycles. The van der Waals surface area contributed by atoms with Crippen LogP contribution >= 0.6 is 11.3 Å². The molecule has 4 aromatic rings. The molecule has 164 valence electrons. The molecule has 0 unspecified atom stereocenters. The molecule has 2 aromatic heterocycles. The molecule has 0 aliphatic rings. The van der Waals surface area contributed by atoms with E-state index in [0.29, 0.717) is 30.4 Å². The van der Waals surface area contributed by atoms with E-state index in [1.165, 1.54) is 22.0 Å². The Hall–Kier alpha value is -3.29. The number of methoxy groups -OCH3 is 1. The zero-order valence-electron chi connectivity index (χ0n) is 18.4. The van der Waals surface area contributed by atoms with Gasteiger partial charge in [0.2, 0.25) is 0 Å². The molecule has 0 atom stereocenters. The minimum absolute atomic E-state index is 0.167. The van der Waals surface area contributed by atoms with Crippen LogP contribution in [0.1, 0.15) is 27.0 Å². The minimum atomic E-state index is -0.201. The second-order valence-electron chi connectivity index (χ2n) is 7.75. The molecule has 0 bridgehead atoms. The Kier molecular flexibility index (Phi) is 6.48. The second-order valence-corrected chi connectivity index (χ2v) is 8.72. The molecule has 0 N–H and O–H groups in total. The summed E-state index contributed by atoms with van der Waals surface area (Å²) in [7, 11) is 1.58. The van der Waals surface area contributed by atoms with Gasteiger partial charge in [0.15, 0.2) is 5.13 Å². The Morgan fingerprint density at radius 2 is 1.91 bits per heavy atom. The number of pyridine rings is 1. The SMILES string of the molecule is COCCn1cc(C(=O)N(Cc2ccccc2)c2nc3cc(C)cc(C)c3s2)ccc1=O. The van der Waals surface area contributed by atoms with Gasteiger partial charge in [0.25, 0.3) is 11.5 Å². The third-order valence-electron chi connectivity index (χ3n) is 5.24. The number of carbonyl (C=O) groups is 1. The fourth-order valence-corrected chi connectivity index (χ4v) is 4.66. The monoisotopic (exact) mass is 447 g/mol.